The van der Waals surface area contributed by atoms with Crippen LogP contribution in [0.2, 0.25) is 0 Å². The Hall–Kier alpha value is -2.58. The molecule has 0 radical (unpaired) electrons. The van der Waals surface area contributed by atoms with Crippen LogP contribution >= 0.6 is 0 Å². The predicted molar refractivity (Wildman–Crippen MR) is 106 cm³/mol. The van der Waals surface area contributed by atoms with Crippen LogP contribution in [0.1, 0.15) is 31.4 Å². The summed E-state index contributed by atoms with van der Waals surface area (Å²) in [6, 6.07) is 11.3. The van der Waals surface area contributed by atoms with E-state index < -0.39 is 10.0 Å². The van der Waals surface area contributed by atoms with Crippen molar-refractivity contribution in [3.05, 3.63) is 48.0 Å². The molecule has 1 atom stereocenters. The van der Waals surface area contributed by atoms with Crippen molar-refractivity contribution in [2.24, 2.45) is 0 Å². The van der Waals surface area contributed by atoms with E-state index in [9.17, 15) is 13.2 Å². The van der Waals surface area contributed by atoms with Gasteiger partial charge in [0.1, 0.15) is 11.5 Å². The summed E-state index contributed by atoms with van der Waals surface area (Å²) in [4.78, 5) is 11.3. The quantitative estimate of drug-likeness (QED) is 0.799. The first-order valence-electron chi connectivity index (χ1n) is 8.98. The van der Waals surface area contributed by atoms with Gasteiger partial charge in [-0.25, -0.2) is 8.42 Å². The number of amides is 1. The summed E-state index contributed by atoms with van der Waals surface area (Å²) in [5.41, 5.74) is 1.38. The third-order valence-corrected chi connectivity index (χ3v) is 6.71. The molecule has 2 aromatic rings. The summed E-state index contributed by atoms with van der Waals surface area (Å²) >= 11 is 0. The smallest absolute Gasteiger partial charge is 0.243 e. The van der Waals surface area contributed by atoms with Gasteiger partial charge in [-0.05, 0) is 43.2 Å². The van der Waals surface area contributed by atoms with Gasteiger partial charge < -0.3 is 14.8 Å². The van der Waals surface area contributed by atoms with Gasteiger partial charge in [0.15, 0.2) is 0 Å². The van der Waals surface area contributed by atoms with Crippen LogP contribution in [0, 0.1) is 0 Å². The Kier molecular flexibility index (Phi) is 5.90. The number of nitrogens with zero attached hydrogens (tertiary/aromatic N) is 1. The maximum atomic E-state index is 13.2. The number of hydrogen-bond donors (Lipinski definition) is 1. The second kappa shape index (κ2) is 8.20. The molecule has 150 valence electrons. The molecular weight excluding hydrogens is 380 g/mol. The van der Waals surface area contributed by atoms with Crippen LogP contribution in [-0.2, 0) is 14.8 Å². The highest BCUT2D eigenvalue weighted by Gasteiger charge is 2.37. The Balaban J connectivity index is 1.92. The molecule has 7 nitrogen and oxygen atoms in total. The molecule has 1 aliphatic rings. The second-order valence-electron chi connectivity index (χ2n) is 6.59. The molecule has 1 aliphatic heterocycles. The molecule has 28 heavy (non-hydrogen) atoms. The number of benzene rings is 2. The van der Waals surface area contributed by atoms with Crippen LogP contribution < -0.4 is 14.8 Å². The van der Waals surface area contributed by atoms with Crippen molar-refractivity contribution in [3.8, 4) is 11.5 Å². The van der Waals surface area contributed by atoms with E-state index in [2.05, 4.69) is 5.32 Å². The zero-order chi connectivity index (χ0) is 20.3. The molecule has 0 saturated carbocycles. The third kappa shape index (κ3) is 3.98. The average Bonchev–Trinajstić information content (AvgIpc) is 3.18. The first-order chi connectivity index (χ1) is 13.4. The van der Waals surface area contributed by atoms with Crippen LogP contribution in [0.4, 0.5) is 5.69 Å². The van der Waals surface area contributed by atoms with Gasteiger partial charge >= 0.3 is 0 Å². The lowest BCUT2D eigenvalue weighted by Crippen LogP contribution is -2.30. The summed E-state index contributed by atoms with van der Waals surface area (Å²) in [7, 11) is -0.551. The number of hydrogen-bond acceptors (Lipinski definition) is 5. The fourth-order valence-electron chi connectivity index (χ4n) is 3.48. The SMILES string of the molecule is COc1ccc(C2CCCN2S(=O)(=O)c2ccc(NC(C)=O)cc2)c(OC)c1. The normalized spacial score (nSPS) is 17.3. The number of anilines is 1. The largest absolute Gasteiger partial charge is 0.497 e. The molecule has 1 amide bonds. The van der Waals surface area contributed by atoms with Crippen molar-refractivity contribution in [2.75, 3.05) is 26.1 Å². The number of carbonyl (C=O) groups is 1. The van der Waals surface area contributed by atoms with Gasteiger partial charge in [-0.3, -0.25) is 4.79 Å². The summed E-state index contributed by atoms with van der Waals surface area (Å²) in [6.45, 7) is 1.84. The minimum atomic E-state index is -3.69. The molecule has 2 aromatic carbocycles. The van der Waals surface area contributed by atoms with Crippen molar-refractivity contribution in [2.45, 2.75) is 30.7 Å². The zero-order valence-corrected chi connectivity index (χ0v) is 17.0. The molecule has 1 fully saturated rings. The van der Waals surface area contributed by atoms with Gasteiger partial charge in [0.05, 0.1) is 25.2 Å². The van der Waals surface area contributed by atoms with E-state index in [0.717, 1.165) is 12.0 Å². The minimum absolute atomic E-state index is 0.195. The lowest BCUT2D eigenvalue weighted by atomic mass is 10.0. The summed E-state index contributed by atoms with van der Waals surface area (Å²) in [5.74, 6) is 1.05. The summed E-state index contributed by atoms with van der Waals surface area (Å²) in [5, 5.41) is 2.64. The summed E-state index contributed by atoms with van der Waals surface area (Å²) < 4.78 is 38.7. The van der Waals surface area contributed by atoms with E-state index in [-0.39, 0.29) is 16.8 Å². The Morgan fingerprint density at radius 1 is 1.11 bits per heavy atom. The number of ether oxygens (including phenoxy) is 2. The maximum absolute atomic E-state index is 13.2. The number of sulfonamides is 1. The fourth-order valence-corrected chi connectivity index (χ4v) is 5.16. The molecule has 1 saturated heterocycles. The first-order valence-corrected chi connectivity index (χ1v) is 10.4. The number of rotatable bonds is 6. The fraction of sp³-hybridized carbons (Fsp3) is 0.350. The van der Waals surface area contributed by atoms with E-state index in [1.165, 1.54) is 23.4 Å². The molecule has 1 heterocycles. The minimum Gasteiger partial charge on any atom is -0.497 e. The lowest BCUT2D eigenvalue weighted by Gasteiger charge is -2.26. The molecule has 0 aromatic heterocycles. The van der Waals surface area contributed by atoms with Crippen molar-refractivity contribution in [1.82, 2.24) is 4.31 Å². The average molecular weight is 404 g/mol. The van der Waals surface area contributed by atoms with Crippen molar-refractivity contribution < 1.29 is 22.7 Å². The highest BCUT2D eigenvalue weighted by Crippen LogP contribution is 2.41. The molecule has 1 N–H and O–H groups in total. The van der Waals surface area contributed by atoms with Gasteiger partial charge in [-0.1, -0.05) is 6.07 Å². The van der Waals surface area contributed by atoms with E-state index >= 15 is 0 Å². The number of carbonyl (C=O) groups excluding carboxylic acids is 1. The maximum Gasteiger partial charge on any atom is 0.243 e. The van der Waals surface area contributed by atoms with E-state index in [1.807, 2.05) is 12.1 Å². The highest BCUT2D eigenvalue weighted by atomic mass is 32.2. The molecular formula is C20H24N2O5S. The topological polar surface area (TPSA) is 84.9 Å². The predicted octanol–water partition coefficient (Wildman–Crippen LogP) is 3.19. The van der Waals surface area contributed by atoms with Gasteiger partial charge in [0.2, 0.25) is 15.9 Å². The molecule has 8 heteroatoms. The molecule has 0 aliphatic carbocycles. The standard InChI is InChI=1S/C20H24N2O5S/c1-14(23)21-15-6-9-17(10-7-15)28(24,25)22-12-4-5-19(22)18-11-8-16(26-2)13-20(18)27-3/h6-11,13,19H,4-5,12H2,1-3H3,(H,21,23). The van der Waals surface area contributed by atoms with E-state index in [1.54, 1.807) is 32.4 Å². The van der Waals surface area contributed by atoms with Crippen LogP contribution in [0.5, 0.6) is 11.5 Å². The van der Waals surface area contributed by atoms with Crippen LogP contribution in [0.25, 0.3) is 0 Å². The van der Waals surface area contributed by atoms with Gasteiger partial charge in [0, 0.05) is 30.8 Å². The van der Waals surface area contributed by atoms with Gasteiger partial charge in [-0.15, -0.1) is 0 Å². The van der Waals surface area contributed by atoms with Gasteiger partial charge in [-0.2, -0.15) is 4.31 Å². The van der Waals surface area contributed by atoms with Crippen LogP contribution in [0.15, 0.2) is 47.4 Å². The lowest BCUT2D eigenvalue weighted by molar-refractivity contribution is -0.114. The molecule has 0 spiro atoms. The van der Waals surface area contributed by atoms with Crippen LogP contribution in [0.3, 0.4) is 0 Å². The number of nitrogens with one attached hydrogen (secondary N) is 1. The van der Waals surface area contributed by atoms with Crippen molar-refractivity contribution in [3.63, 3.8) is 0 Å². The molecule has 0 bridgehead atoms. The van der Waals surface area contributed by atoms with Gasteiger partial charge in [0.25, 0.3) is 0 Å². The highest BCUT2D eigenvalue weighted by molar-refractivity contribution is 7.89. The Morgan fingerprint density at radius 3 is 2.43 bits per heavy atom. The van der Waals surface area contributed by atoms with E-state index in [4.69, 9.17) is 9.47 Å². The number of methoxy groups -OCH3 is 2. The van der Waals surface area contributed by atoms with Crippen molar-refractivity contribution in [1.29, 1.82) is 0 Å². The monoisotopic (exact) mass is 404 g/mol. The van der Waals surface area contributed by atoms with E-state index in [0.29, 0.717) is 30.2 Å². The Bertz CT molecular complexity index is 957. The molecule has 1 unspecified atom stereocenters. The first kappa shape index (κ1) is 20.2. The Morgan fingerprint density at radius 2 is 1.82 bits per heavy atom. The van der Waals surface area contributed by atoms with Crippen molar-refractivity contribution >= 4 is 21.6 Å². The molecule has 3 rings (SSSR count). The zero-order valence-electron chi connectivity index (χ0n) is 16.1. The van der Waals surface area contributed by atoms with Crippen LogP contribution in [-0.4, -0.2) is 39.4 Å². The second-order valence-corrected chi connectivity index (χ2v) is 8.48. The summed E-state index contributed by atoms with van der Waals surface area (Å²) in [6.07, 6.45) is 1.48. The third-order valence-electron chi connectivity index (χ3n) is 4.78. The Labute approximate surface area is 165 Å².